The Kier molecular flexibility index (Phi) is 6.81. The Morgan fingerprint density at radius 3 is 2.30 bits per heavy atom. The molecule has 1 aromatic heterocycles. The van der Waals surface area contributed by atoms with E-state index in [9.17, 15) is 22.8 Å². The van der Waals surface area contributed by atoms with Crippen LogP contribution in [0.2, 0.25) is 0 Å². The first-order valence-electron chi connectivity index (χ1n) is 14.5. The van der Waals surface area contributed by atoms with Crippen LogP contribution in [-0.2, 0) is 6.18 Å². The maximum Gasteiger partial charge on any atom is 0.416 e. The lowest BCUT2D eigenvalue weighted by Crippen LogP contribution is -2.47. The molecule has 0 bridgehead atoms. The van der Waals surface area contributed by atoms with Gasteiger partial charge in [-0.15, -0.1) is 0 Å². The normalized spacial score (nSPS) is 14.7. The van der Waals surface area contributed by atoms with Gasteiger partial charge in [0.25, 0.3) is 0 Å². The monoisotopic (exact) mass is 598 g/mol. The Balaban J connectivity index is 1.18. The van der Waals surface area contributed by atoms with Gasteiger partial charge in [-0.3, -0.25) is 14.5 Å². The first kappa shape index (κ1) is 28.0. The Labute approximate surface area is 249 Å². The number of nitrogens with one attached hydrogen (secondary N) is 2. The van der Waals surface area contributed by atoms with Crippen molar-refractivity contribution in [2.75, 3.05) is 49.5 Å². The molecular weight excluding hydrogens is 569 g/mol. The number of benzene rings is 5. The number of aryl methyl sites for hydroxylation is 1. The molecule has 1 fully saturated rings. The number of hydrogen-bond donors (Lipinski definition) is 2. The maximum absolute atomic E-state index is 13.9. The van der Waals surface area contributed by atoms with Crippen molar-refractivity contribution < 1.29 is 17.6 Å². The van der Waals surface area contributed by atoms with Crippen LogP contribution in [0.15, 0.2) is 86.8 Å². The van der Waals surface area contributed by atoms with Crippen molar-refractivity contribution in [3.05, 3.63) is 104 Å². The molecule has 2 N–H and O–H groups in total. The van der Waals surface area contributed by atoms with E-state index in [-0.39, 0.29) is 16.2 Å². The second-order valence-electron chi connectivity index (χ2n) is 11.3. The van der Waals surface area contributed by atoms with Crippen molar-refractivity contribution in [1.82, 2.24) is 9.88 Å². The second kappa shape index (κ2) is 10.7. The quantitative estimate of drug-likeness (QED) is 0.174. The summed E-state index contributed by atoms with van der Waals surface area (Å²) in [5, 5.41) is 4.72. The fraction of sp³-hybridized carbons (Fsp3) is 0.235. The van der Waals surface area contributed by atoms with E-state index in [4.69, 9.17) is 4.42 Å². The number of halogens is 3. The van der Waals surface area contributed by atoms with Crippen LogP contribution in [0.4, 0.5) is 24.5 Å². The molecule has 0 unspecified atom stereocenters. The van der Waals surface area contributed by atoms with Crippen molar-refractivity contribution in [2.45, 2.75) is 13.1 Å². The molecule has 7 rings (SSSR count). The SMILES string of the molecule is Cc1ccc2oc3cc(NCCN4CCN(c5cccc(C(F)(F)F)c5)CC4)c4c(=O)c5ccccc5c(=O)c4c3[nH]c2c1. The number of rotatable bonds is 5. The number of aromatic nitrogens is 1. The van der Waals surface area contributed by atoms with Crippen molar-refractivity contribution in [3.63, 3.8) is 0 Å². The van der Waals surface area contributed by atoms with Gasteiger partial charge in [-0.1, -0.05) is 36.4 Å². The van der Waals surface area contributed by atoms with E-state index in [1.807, 2.05) is 30.0 Å². The summed E-state index contributed by atoms with van der Waals surface area (Å²) in [6, 6.07) is 19.8. The third-order valence-electron chi connectivity index (χ3n) is 8.43. The van der Waals surface area contributed by atoms with Crippen LogP contribution >= 0.6 is 0 Å². The highest BCUT2D eigenvalue weighted by atomic mass is 19.4. The summed E-state index contributed by atoms with van der Waals surface area (Å²) in [6.45, 7) is 5.64. The summed E-state index contributed by atoms with van der Waals surface area (Å²) in [5.41, 5.74) is 3.27. The molecule has 5 aromatic carbocycles. The van der Waals surface area contributed by atoms with E-state index in [1.165, 1.54) is 12.1 Å². The lowest BCUT2D eigenvalue weighted by Gasteiger charge is -2.36. The molecule has 0 saturated carbocycles. The molecule has 224 valence electrons. The van der Waals surface area contributed by atoms with E-state index in [0.29, 0.717) is 83.5 Å². The average molecular weight is 599 g/mol. The molecule has 1 aliphatic heterocycles. The third-order valence-corrected chi connectivity index (χ3v) is 8.43. The molecule has 0 radical (unpaired) electrons. The summed E-state index contributed by atoms with van der Waals surface area (Å²) in [4.78, 5) is 35.2. The Hall–Kier alpha value is -4.83. The molecule has 0 amide bonds. The standard InChI is InChI=1S/C34H29F3N4O3/c1-20-9-10-27-25(17-20)39-31-28(44-27)19-26(29-30(31)33(43)24-8-3-2-7-23(24)32(29)42)38-11-12-40-13-15-41(16-14-40)22-6-4-5-21(18-22)34(35,36)37/h2-10,17-19,38-39H,11-16H2,1H3. The van der Waals surface area contributed by atoms with E-state index in [1.54, 1.807) is 36.4 Å². The van der Waals surface area contributed by atoms with Crippen LogP contribution in [0.1, 0.15) is 11.1 Å². The van der Waals surface area contributed by atoms with E-state index < -0.39 is 11.7 Å². The van der Waals surface area contributed by atoms with Crippen LogP contribution in [0.3, 0.4) is 0 Å². The first-order chi connectivity index (χ1) is 21.2. The summed E-state index contributed by atoms with van der Waals surface area (Å²) >= 11 is 0. The van der Waals surface area contributed by atoms with Gasteiger partial charge in [0.2, 0.25) is 0 Å². The molecule has 10 heteroatoms. The smallest absolute Gasteiger partial charge is 0.416 e. The highest BCUT2D eigenvalue weighted by molar-refractivity contribution is 6.14. The molecular formula is C34H29F3N4O3. The second-order valence-corrected chi connectivity index (χ2v) is 11.3. The molecule has 1 aliphatic rings. The number of anilines is 2. The van der Waals surface area contributed by atoms with Crippen LogP contribution in [0.25, 0.3) is 43.7 Å². The van der Waals surface area contributed by atoms with Gasteiger partial charge in [-0.05, 0) is 42.8 Å². The van der Waals surface area contributed by atoms with Crippen LogP contribution in [-0.4, -0.2) is 49.2 Å². The number of H-pyrrole nitrogens is 1. The lowest BCUT2D eigenvalue weighted by molar-refractivity contribution is -0.137. The Morgan fingerprint density at radius 2 is 1.57 bits per heavy atom. The lowest BCUT2D eigenvalue weighted by atomic mass is 9.99. The molecule has 7 nitrogen and oxygen atoms in total. The van der Waals surface area contributed by atoms with Crippen LogP contribution in [0.5, 0.6) is 0 Å². The summed E-state index contributed by atoms with van der Waals surface area (Å²) < 4.78 is 45.8. The van der Waals surface area contributed by atoms with E-state index in [2.05, 4.69) is 15.2 Å². The summed E-state index contributed by atoms with van der Waals surface area (Å²) in [7, 11) is 0. The van der Waals surface area contributed by atoms with Crippen molar-refractivity contribution in [2.24, 2.45) is 0 Å². The van der Waals surface area contributed by atoms with Gasteiger partial charge in [0.05, 0.1) is 33.1 Å². The molecule has 2 heterocycles. The zero-order valence-electron chi connectivity index (χ0n) is 23.9. The molecule has 6 aromatic rings. The predicted molar refractivity (Wildman–Crippen MR) is 169 cm³/mol. The minimum atomic E-state index is -4.38. The maximum atomic E-state index is 13.9. The number of alkyl halides is 3. The molecule has 0 spiro atoms. The van der Waals surface area contributed by atoms with Crippen molar-refractivity contribution >= 4 is 55.1 Å². The van der Waals surface area contributed by atoms with Gasteiger partial charge < -0.3 is 19.6 Å². The fourth-order valence-corrected chi connectivity index (χ4v) is 6.15. The van der Waals surface area contributed by atoms with Gasteiger partial charge in [-0.2, -0.15) is 13.2 Å². The zero-order valence-corrected chi connectivity index (χ0v) is 23.9. The summed E-state index contributed by atoms with van der Waals surface area (Å²) in [5.74, 6) is 0. The van der Waals surface area contributed by atoms with E-state index in [0.717, 1.165) is 17.1 Å². The molecule has 0 atom stereocenters. The highest BCUT2D eigenvalue weighted by Crippen LogP contribution is 2.33. The fourth-order valence-electron chi connectivity index (χ4n) is 6.15. The number of hydrogen-bond acceptors (Lipinski definition) is 6. The summed E-state index contributed by atoms with van der Waals surface area (Å²) in [6.07, 6.45) is -4.38. The van der Waals surface area contributed by atoms with Gasteiger partial charge in [0.1, 0.15) is 0 Å². The number of fused-ring (bicyclic) bond motifs is 5. The van der Waals surface area contributed by atoms with Gasteiger partial charge in [0, 0.05) is 61.8 Å². The number of piperazine rings is 1. The average Bonchev–Trinajstić information content (AvgIpc) is 3.02. The van der Waals surface area contributed by atoms with Crippen LogP contribution in [0, 0.1) is 6.92 Å². The minimum Gasteiger partial charge on any atom is -0.453 e. The van der Waals surface area contributed by atoms with Gasteiger partial charge in [0.15, 0.2) is 22.0 Å². The molecule has 44 heavy (non-hydrogen) atoms. The topological polar surface area (TPSA) is 81.6 Å². The minimum absolute atomic E-state index is 0.230. The largest absolute Gasteiger partial charge is 0.453 e. The molecule has 0 aliphatic carbocycles. The number of aromatic amines is 1. The van der Waals surface area contributed by atoms with Crippen molar-refractivity contribution in [1.29, 1.82) is 0 Å². The van der Waals surface area contributed by atoms with Crippen molar-refractivity contribution in [3.8, 4) is 0 Å². The van der Waals surface area contributed by atoms with E-state index >= 15 is 0 Å². The Bertz CT molecular complexity index is 2180. The van der Waals surface area contributed by atoms with Crippen LogP contribution < -0.4 is 21.1 Å². The van der Waals surface area contributed by atoms with Gasteiger partial charge in [-0.25, -0.2) is 0 Å². The third kappa shape index (κ3) is 4.94. The zero-order chi connectivity index (χ0) is 30.6. The Morgan fingerprint density at radius 1 is 0.841 bits per heavy atom. The first-order valence-corrected chi connectivity index (χ1v) is 14.5. The predicted octanol–water partition coefficient (Wildman–Crippen LogP) is 6.50. The molecule has 1 saturated heterocycles. The van der Waals surface area contributed by atoms with Gasteiger partial charge >= 0.3 is 6.18 Å². The highest BCUT2D eigenvalue weighted by Gasteiger charge is 2.31. The number of nitrogens with zero attached hydrogens (tertiary/aromatic N) is 2.